The molecule has 1 N–H and O–H groups in total. The lowest BCUT2D eigenvalue weighted by molar-refractivity contribution is -0.144. The lowest BCUT2D eigenvalue weighted by Crippen LogP contribution is -2.14. The van der Waals surface area contributed by atoms with Crippen molar-refractivity contribution in [3.05, 3.63) is 11.1 Å². The van der Waals surface area contributed by atoms with Gasteiger partial charge in [-0.1, -0.05) is 0 Å². The molecule has 0 atom stereocenters. The number of carbonyl (C=O) groups excluding carboxylic acids is 3. The molecule has 0 aliphatic rings. The zero-order valence-corrected chi connectivity index (χ0v) is 12.8. The third-order valence-corrected chi connectivity index (χ3v) is 3.10. The quantitative estimate of drug-likeness (QED) is 0.731. The van der Waals surface area contributed by atoms with Crippen molar-refractivity contribution in [2.45, 2.75) is 33.1 Å². The summed E-state index contributed by atoms with van der Waals surface area (Å²) in [5.41, 5.74) is 0.541. The summed E-state index contributed by atoms with van der Waals surface area (Å²) in [7, 11) is 0. The number of rotatable bonds is 8. The lowest BCUT2D eigenvalue weighted by Gasteiger charge is -2.02. The van der Waals surface area contributed by atoms with Crippen LogP contribution in [0.5, 0.6) is 0 Å². The molecule has 1 rings (SSSR count). The van der Waals surface area contributed by atoms with Crippen LogP contribution in [0.1, 0.15) is 32.4 Å². The maximum Gasteiger partial charge on any atom is 0.311 e. The van der Waals surface area contributed by atoms with E-state index in [0.29, 0.717) is 24.0 Å². The second kappa shape index (κ2) is 9.06. The summed E-state index contributed by atoms with van der Waals surface area (Å²) in [4.78, 5) is 38.1. The van der Waals surface area contributed by atoms with E-state index < -0.39 is 5.97 Å². The fourth-order valence-electron chi connectivity index (χ4n) is 1.44. The van der Waals surface area contributed by atoms with Crippen LogP contribution in [0.25, 0.3) is 0 Å². The van der Waals surface area contributed by atoms with E-state index in [1.807, 2.05) is 0 Å². The highest BCUT2D eigenvalue weighted by atomic mass is 32.1. The van der Waals surface area contributed by atoms with Crippen LogP contribution in [0.4, 0.5) is 5.13 Å². The largest absolute Gasteiger partial charge is 0.466 e. The zero-order chi connectivity index (χ0) is 15.7. The number of carbonyl (C=O) groups is 3. The minimum atomic E-state index is -0.408. The Labute approximate surface area is 126 Å². The fourth-order valence-corrected chi connectivity index (χ4v) is 2.16. The molecule has 1 amide bonds. The summed E-state index contributed by atoms with van der Waals surface area (Å²) in [5.74, 6) is -1.09. The Hall–Kier alpha value is -1.96. The lowest BCUT2D eigenvalue weighted by atomic mass is 10.3. The summed E-state index contributed by atoms with van der Waals surface area (Å²) in [6.07, 6.45) is 0.134. The van der Waals surface area contributed by atoms with Gasteiger partial charge < -0.3 is 14.8 Å². The Morgan fingerprint density at radius 2 is 1.81 bits per heavy atom. The number of hydrogen-bond acceptors (Lipinski definition) is 7. The summed E-state index contributed by atoms with van der Waals surface area (Å²) < 4.78 is 9.54. The van der Waals surface area contributed by atoms with Gasteiger partial charge in [-0.2, -0.15) is 0 Å². The smallest absolute Gasteiger partial charge is 0.311 e. The predicted molar refractivity (Wildman–Crippen MR) is 76.9 cm³/mol. The van der Waals surface area contributed by atoms with Crippen LogP contribution in [0.3, 0.4) is 0 Å². The second-order valence-electron chi connectivity index (χ2n) is 3.98. The molecular weight excluding hydrogens is 296 g/mol. The van der Waals surface area contributed by atoms with Gasteiger partial charge in [-0.25, -0.2) is 4.98 Å². The molecule has 0 bridgehead atoms. The third kappa shape index (κ3) is 6.84. The van der Waals surface area contributed by atoms with Crippen LogP contribution < -0.4 is 5.32 Å². The number of nitrogens with zero attached hydrogens (tertiary/aromatic N) is 1. The van der Waals surface area contributed by atoms with Crippen LogP contribution in [-0.4, -0.2) is 36.0 Å². The highest BCUT2D eigenvalue weighted by molar-refractivity contribution is 7.13. The molecule has 0 aliphatic heterocycles. The van der Waals surface area contributed by atoms with Crippen molar-refractivity contribution in [1.29, 1.82) is 0 Å². The summed E-state index contributed by atoms with van der Waals surface area (Å²) in [5, 5.41) is 4.64. The molecule has 0 saturated heterocycles. The van der Waals surface area contributed by atoms with E-state index in [1.165, 1.54) is 11.3 Å². The minimum absolute atomic E-state index is 0.0285. The third-order valence-electron chi connectivity index (χ3n) is 2.29. The van der Waals surface area contributed by atoms with Gasteiger partial charge >= 0.3 is 11.9 Å². The van der Waals surface area contributed by atoms with Gasteiger partial charge in [-0.05, 0) is 13.8 Å². The van der Waals surface area contributed by atoms with Crippen molar-refractivity contribution >= 4 is 34.3 Å². The number of esters is 2. The van der Waals surface area contributed by atoms with Gasteiger partial charge in [-0.3, -0.25) is 14.4 Å². The number of anilines is 1. The van der Waals surface area contributed by atoms with E-state index >= 15 is 0 Å². The van der Waals surface area contributed by atoms with Gasteiger partial charge in [0.1, 0.15) is 0 Å². The molecule has 0 aliphatic carbocycles. The van der Waals surface area contributed by atoms with Crippen molar-refractivity contribution in [3.8, 4) is 0 Å². The normalized spacial score (nSPS) is 10.0. The fraction of sp³-hybridized carbons (Fsp3) is 0.538. The molecule has 1 heterocycles. The van der Waals surface area contributed by atoms with Crippen molar-refractivity contribution < 1.29 is 23.9 Å². The number of ether oxygens (including phenoxy) is 2. The van der Waals surface area contributed by atoms with E-state index in [0.717, 1.165) is 0 Å². The van der Waals surface area contributed by atoms with Gasteiger partial charge in [0.2, 0.25) is 5.91 Å². The first-order chi connectivity index (χ1) is 10.0. The number of aromatic nitrogens is 1. The average molecular weight is 314 g/mol. The van der Waals surface area contributed by atoms with E-state index in [9.17, 15) is 14.4 Å². The molecular formula is C13H18N2O5S. The topological polar surface area (TPSA) is 94.6 Å². The van der Waals surface area contributed by atoms with Gasteiger partial charge in [0.05, 0.1) is 31.7 Å². The Bertz CT molecular complexity index is 501. The number of hydrogen-bond donors (Lipinski definition) is 1. The number of nitrogens with one attached hydrogen (secondary N) is 1. The van der Waals surface area contributed by atoms with Crippen molar-refractivity contribution in [1.82, 2.24) is 4.98 Å². The van der Waals surface area contributed by atoms with Crippen LogP contribution in [0.2, 0.25) is 0 Å². The standard InChI is InChI=1S/C13H18N2O5S/c1-3-19-11(17)6-5-10(16)15-13-14-9(8-21-13)7-12(18)20-4-2/h8H,3-7H2,1-2H3,(H,14,15,16). The number of amides is 1. The first-order valence-corrected chi connectivity index (χ1v) is 7.48. The highest BCUT2D eigenvalue weighted by Gasteiger charge is 2.12. The maximum absolute atomic E-state index is 11.6. The molecule has 0 saturated carbocycles. The molecule has 7 nitrogen and oxygen atoms in total. The predicted octanol–water partition coefficient (Wildman–Crippen LogP) is 1.53. The molecule has 1 aromatic rings. The molecule has 21 heavy (non-hydrogen) atoms. The minimum Gasteiger partial charge on any atom is -0.466 e. The second-order valence-corrected chi connectivity index (χ2v) is 4.84. The summed E-state index contributed by atoms with van der Waals surface area (Å²) >= 11 is 1.22. The molecule has 8 heteroatoms. The molecule has 0 aromatic carbocycles. The zero-order valence-electron chi connectivity index (χ0n) is 12.0. The van der Waals surface area contributed by atoms with Gasteiger partial charge in [0.25, 0.3) is 0 Å². The molecule has 0 spiro atoms. The summed E-state index contributed by atoms with van der Waals surface area (Å²) in [6, 6.07) is 0. The molecule has 0 fully saturated rings. The van der Waals surface area contributed by atoms with E-state index in [2.05, 4.69) is 10.3 Å². The van der Waals surface area contributed by atoms with Gasteiger partial charge in [0.15, 0.2) is 5.13 Å². The van der Waals surface area contributed by atoms with Crippen LogP contribution in [0, 0.1) is 0 Å². The van der Waals surface area contributed by atoms with Crippen LogP contribution >= 0.6 is 11.3 Å². The van der Waals surface area contributed by atoms with E-state index in [1.54, 1.807) is 19.2 Å². The van der Waals surface area contributed by atoms with Crippen LogP contribution in [-0.2, 0) is 30.3 Å². The maximum atomic E-state index is 11.6. The first kappa shape index (κ1) is 17.1. The van der Waals surface area contributed by atoms with Gasteiger partial charge in [-0.15, -0.1) is 11.3 Å². The van der Waals surface area contributed by atoms with E-state index in [-0.39, 0.29) is 31.1 Å². The van der Waals surface area contributed by atoms with Crippen molar-refractivity contribution in [2.24, 2.45) is 0 Å². The van der Waals surface area contributed by atoms with Crippen molar-refractivity contribution in [3.63, 3.8) is 0 Å². The number of thiazole rings is 1. The Balaban J connectivity index is 2.38. The first-order valence-electron chi connectivity index (χ1n) is 6.60. The van der Waals surface area contributed by atoms with E-state index in [4.69, 9.17) is 9.47 Å². The molecule has 1 aromatic heterocycles. The SMILES string of the molecule is CCOC(=O)CCC(=O)Nc1nc(CC(=O)OCC)cs1. The molecule has 116 valence electrons. The summed E-state index contributed by atoms with van der Waals surface area (Å²) in [6.45, 7) is 4.05. The molecule has 0 unspecified atom stereocenters. The molecule has 0 radical (unpaired) electrons. The highest BCUT2D eigenvalue weighted by Crippen LogP contribution is 2.16. The Kier molecular flexibility index (Phi) is 7.38. The Morgan fingerprint density at radius 3 is 2.48 bits per heavy atom. The van der Waals surface area contributed by atoms with Gasteiger partial charge in [0, 0.05) is 11.8 Å². The average Bonchev–Trinajstić information content (AvgIpc) is 2.84. The monoisotopic (exact) mass is 314 g/mol. The van der Waals surface area contributed by atoms with Crippen molar-refractivity contribution in [2.75, 3.05) is 18.5 Å². The Morgan fingerprint density at radius 1 is 1.14 bits per heavy atom. The van der Waals surface area contributed by atoms with Crippen LogP contribution in [0.15, 0.2) is 5.38 Å².